The van der Waals surface area contributed by atoms with Gasteiger partial charge in [-0.15, -0.1) is 0 Å². The minimum atomic E-state index is -1.24. The third-order valence-corrected chi connectivity index (χ3v) is 8.21. The molecule has 0 saturated carbocycles. The van der Waals surface area contributed by atoms with Crippen molar-refractivity contribution in [2.45, 2.75) is 39.5 Å². The molecule has 16 nitrogen and oxygen atoms in total. The van der Waals surface area contributed by atoms with E-state index < -0.39 is 58.8 Å². The van der Waals surface area contributed by atoms with Crippen molar-refractivity contribution in [1.29, 1.82) is 0 Å². The number of hydrogen-bond donors (Lipinski definition) is 2. The molecular formula is C34H34N4O12. The van der Waals surface area contributed by atoms with Crippen molar-refractivity contribution in [2.75, 3.05) is 27.4 Å². The first-order valence-corrected chi connectivity index (χ1v) is 15.1. The maximum Gasteiger partial charge on any atom is 0.336 e. The lowest BCUT2D eigenvalue weighted by Gasteiger charge is -2.30. The molecule has 2 aromatic carbocycles. The summed E-state index contributed by atoms with van der Waals surface area (Å²) in [5.41, 5.74) is 0.296. The molecule has 0 saturated heterocycles. The summed E-state index contributed by atoms with van der Waals surface area (Å²) in [5, 5.41) is 29.8. The van der Waals surface area contributed by atoms with Gasteiger partial charge in [0, 0.05) is 46.0 Å². The van der Waals surface area contributed by atoms with Crippen LogP contribution in [-0.2, 0) is 38.1 Å². The number of nitro groups is 2. The van der Waals surface area contributed by atoms with E-state index in [4.69, 9.17) is 18.9 Å². The first-order valence-electron chi connectivity index (χ1n) is 15.1. The summed E-state index contributed by atoms with van der Waals surface area (Å²) in [4.78, 5) is 75.7. The minimum absolute atomic E-state index is 0.0382. The number of nitrogens with one attached hydrogen (secondary N) is 2. The number of rotatable bonds is 11. The predicted octanol–water partition coefficient (Wildman–Crippen LogP) is 4.11. The van der Waals surface area contributed by atoms with E-state index in [-0.39, 0.29) is 56.2 Å². The number of esters is 4. The quantitative estimate of drug-likeness (QED) is 0.112. The van der Waals surface area contributed by atoms with E-state index in [0.717, 1.165) is 14.2 Å². The van der Waals surface area contributed by atoms with Gasteiger partial charge in [-0.2, -0.15) is 0 Å². The molecule has 0 aromatic heterocycles. The van der Waals surface area contributed by atoms with Gasteiger partial charge in [-0.25, -0.2) is 19.2 Å². The number of hydrogen-bond acceptors (Lipinski definition) is 14. The van der Waals surface area contributed by atoms with Crippen LogP contribution in [0.5, 0.6) is 0 Å². The second-order valence-corrected chi connectivity index (χ2v) is 11.2. The van der Waals surface area contributed by atoms with E-state index >= 15 is 0 Å². The van der Waals surface area contributed by atoms with Crippen LogP contribution in [-0.4, -0.2) is 61.2 Å². The van der Waals surface area contributed by atoms with Gasteiger partial charge < -0.3 is 29.6 Å². The van der Waals surface area contributed by atoms with E-state index in [2.05, 4.69) is 10.6 Å². The van der Waals surface area contributed by atoms with Gasteiger partial charge in [-0.1, -0.05) is 36.4 Å². The lowest BCUT2D eigenvalue weighted by molar-refractivity contribution is -0.385. The van der Waals surface area contributed by atoms with Crippen molar-refractivity contribution in [3.05, 3.63) is 125 Å². The highest BCUT2D eigenvalue weighted by molar-refractivity contribution is 6.01. The van der Waals surface area contributed by atoms with E-state index in [1.54, 1.807) is 27.7 Å². The number of methoxy groups -OCH3 is 2. The largest absolute Gasteiger partial charge is 0.466 e. The molecule has 16 heteroatoms. The maximum absolute atomic E-state index is 13.6. The van der Waals surface area contributed by atoms with Crippen LogP contribution in [0.15, 0.2) is 93.6 Å². The summed E-state index contributed by atoms with van der Waals surface area (Å²) in [5.74, 6) is -6.03. The molecule has 2 aliphatic heterocycles. The molecule has 262 valence electrons. The summed E-state index contributed by atoms with van der Waals surface area (Å²) in [6.07, 6.45) is 0. The van der Waals surface area contributed by atoms with Crippen LogP contribution in [0, 0.1) is 20.2 Å². The Morgan fingerprint density at radius 3 is 1.18 bits per heavy atom. The number of carbonyl (C=O) groups excluding carboxylic acids is 4. The Morgan fingerprint density at radius 1 is 0.580 bits per heavy atom. The fraction of sp³-hybridized carbons (Fsp3) is 0.294. The molecule has 0 spiro atoms. The van der Waals surface area contributed by atoms with Crippen LogP contribution in [0.25, 0.3) is 0 Å². The number of nitro benzene ring substituents is 2. The highest BCUT2D eigenvalue weighted by atomic mass is 16.6. The van der Waals surface area contributed by atoms with Crippen molar-refractivity contribution in [3.8, 4) is 0 Å². The highest BCUT2D eigenvalue weighted by Gasteiger charge is 2.42. The molecule has 50 heavy (non-hydrogen) atoms. The summed E-state index contributed by atoms with van der Waals surface area (Å²) in [6, 6.07) is 11.3. The molecule has 2 unspecified atom stereocenters. The van der Waals surface area contributed by atoms with Crippen LogP contribution in [0.2, 0.25) is 0 Å². The van der Waals surface area contributed by atoms with Crippen molar-refractivity contribution in [1.82, 2.24) is 10.6 Å². The van der Waals surface area contributed by atoms with E-state index in [0.29, 0.717) is 11.4 Å². The van der Waals surface area contributed by atoms with E-state index in [9.17, 15) is 39.4 Å². The molecule has 2 heterocycles. The van der Waals surface area contributed by atoms with Crippen LogP contribution >= 0.6 is 0 Å². The molecule has 0 aliphatic carbocycles. The van der Waals surface area contributed by atoms with Gasteiger partial charge >= 0.3 is 23.9 Å². The number of nitrogens with zero attached hydrogens (tertiary/aromatic N) is 2. The number of para-hydroxylation sites is 2. The Kier molecular flexibility index (Phi) is 11.2. The molecular weight excluding hydrogens is 656 g/mol. The Hall–Kier alpha value is -6.32. The smallest absolute Gasteiger partial charge is 0.336 e. The zero-order chi connectivity index (χ0) is 36.9. The average molecular weight is 691 g/mol. The predicted molar refractivity (Wildman–Crippen MR) is 175 cm³/mol. The molecule has 2 aliphatic rings. The zero-order valence-electron chi connectivity index (χ0n) is 28.0. The number of dihydropyridines is 2. The summed E-state index contributed by atoms with van der Waals surface area (Å²) < 4.78 is 20.8. The highest BCUT2D eigenvalue weighted by Crippen LogP contribution is 2.44. The Morgan fingerprint density at radius 2 is 0.880 bits per heavy atom. The van der Waals surface area contributed by atoms with Crippen LogP contribution in [0.1, 0.15) is 50.7 Å². The number of ether oxygens (including phenoxy) is 4. The van der Waals surface area contributed by atoms with Crippen molar-refractivity contribution in [3.63, 3.8) is 0 Å². The molecule has 2 N–H and O–H groups in total. The molecule has 0 amide bonds. The number of allylic oxidation sites excluding steroid dienone is 4. The minimum Gasteiger partial charge on any atom is -0.466 e. The SMILES string of the molecule is COC(=O)C1=C(C)NC(C)=C(C(=O)OCCOC(=O)C2=C(C)NC(C)=C(C(=O)OC)C2c2ccccc2[N+](=O)[O-])C1c1ccccc1[N+](=O)[O-]. The zero-order valence-corrected chi connectivity index (χ0v) is 28.0. The van der Waals surface area contributed by atoms with Gasteiger partial charge in [0.1, 0.15) is 13.2 Å². The van der Waals surface area contributed by atoms with Gasteiger partial charge in [0.15, 0.2) is 0 Å². The standard InChI is InChI=1S/C34H34N4O12/c1-17-25(31(39)47-5)29(21-11-7-9-13-23(21)37(43)44)27(19(3)35-17)33(41)49-15-16-50-34(42)28-20(4)36-18(2)26(32(40)48-6)30(28)22-12-8-10-14-24(22)38(45)46/h7-14,29-30,35-36H,15-16H2,1-6H3. The summed E-state index contributed by atoms with van der Waals surface area (Å²) in [6.45, 7) is 5.23. The first-order chi connectivity index (χ1) is 23.7. The Bertz CT molecular complexity index is 1790. The topological polar surface area (TPSA) is 216 Å². The average Bonchev–Trinajstić information content (AvgIpc) is 3.08. The second kappa shape index (κ2) is 15.3. The molecule has 0 fully saturated rings. The third kappa shape index (κ3) is 7.08. The van der Waals surface area contributed by atoms with Crippen LogP contribution in [0.3, 0.4) is 0 Å². The molecule has 0 bridgehead atoms. The third-order valence-electron chi connectivity index (χ3n) is 8.21. The molecule has 0 radical (unpaired) electrons. The molecule has 2 atom stereocenters. The fourth-order valence-electron chi connectivity index (χ4n) is 6.13. The first kappa shape index (κ1) is 36.5. The van der Waals surface area contributed by atoms with E-state index in [1.807, 2.05) is 0 Å². The lowest BCUT2D eigenvalue weighted by atomic mass is 9.79. The summed E-state index contributed by atoms with van der Waals surface area (Å²) >= 11 is 0. The molecule has 4 rings (SSSR count). The lowest BCUT2D eigenvalue weighted by Crippen LogP contribution is -2.33. The van der Waals surface area contributed by atoms with Crippen molar-refractivity contribution in [2.24, 2.45) is 0 Å². The van der Waals surface area contributed by atoms with Gasteiger partial charge in [-0.3, -0.25) is 20.2 Å². The Balaban J connectivity index is 1.60. The number of benzene rings is 2. The van der Waals surface area contributed by atoms with Gasteiger partial charge in [0.25, 0.3) is 11.4 Å². The van der Waals surface area contributed by atoms with Crippen molar-refractivity contribution >= 4 is 35.3 Å². The van der Waals surface area contributed by atoms with Crippen molar-refractivity contribution < 1.29 is 48.0 Å². The molecule has 2 aromatic rings. The van der Waals surface area contributed by atoms with Crippen LogP contribution < -0.4 is 10.6 Å². The van der Waals surface area contributed by atoms with Crippen LogP contribution in [0.4, 0.5) is 11.4 Å². The van der Waals surface area contributed by atoms with Gasteiger partial charge in [0.05, 0.1) is 58.2 Å². The fourth-order valence-corrected chi connectivity index (χ4v) is 6.13. The normalized spacial score (nSPS) is 17.4. The van der Waals surface area contributed by atoms with Gasteiger partial charge in [0.2, 0.25) is 0 Å². The maximum atomic E-state index is 13.6. The summed E-state index contributed by atoms with van der Waals surface area (Å²) in [7, 11) is 2.28. The van der Waals surface area contributed by atoms with Gasteiger partial charge in [-0.05, 0) is 27.7 Å². The number of carbonyl (C=O) groups is 4. The monoisotopic (exact) mass is 690 g/mol. The van der Waals surface area contributed by atoms with E-state index in [1.165, 1.54) is 48.5 Å². The Labute approximate surface area is 285 Å². The second-order valence-electron chi connectivity index (χ2n) is 11.2.